The lowest BCUT2D eigenvalue weighted by atomic mass is 10.1. The molecule has 0 aromatic carbocycles. The van der Waals surface area contributed by atoms with E-state index in [1.807, 2.05) is 27.7 Å². The molecule has 18 heavy (non-hydrogen) atoms. The van der Waals surface area contributed by atoms with Gasteiger partial charge >= 0.3 is 6.09 Å². The average Bonchev–Trinajstić information content (AvgIpc) is 2.27. The number of amides is 1. The van der Waals surface area contributed by atoms with Gasteiger partial charge in [-0.25, -0.2) is 4.79 Å². The van der Waals surface area contributed by atoms with E-state index in [0.29, 0.717) is 18.1 Å². The molecule has 1 amide bonds. The van der Waals surface area contributed by atoms with Crippen molar-refractivity contribution < 1.29 is 14.3 Å². The fourth-order valence-electron chi connectivity index (χ4n) is 1.75. The lowest BCUT2D eigenvalue weighted by molar-refractivity contribution is 0.0116. The Kier molecular flexibility index (Phi) is 5.38. The summed E-state index contributed by atoms with van der Waals surface area (Å²) >= 11 is 5.06. The lowest BCUT2D eigenvalue weighted by Gasteiger charge is -2.33. The summed E-state index contributed by atoms with van der Waals surface area (Å²) in [6, 6.07) is 0. The van der Waals surface area contributed by atoms with Gasteiger partial charge in [-0.3, -0.25) is 0 Å². The summed E-state index contributed by atoms with van der Waals surface area (Å²) in [5, 5.41) is 0.658. The third-order valence-corrected chi connectivity index (χ3v) is 3.07. The third-order valence-electron chi connectivity index (χ3n) is 2.68. The van der Waals surface area contributed by atoms with E-state index in [9.17, 15) is 4.79 Å². The molecule has 1 aliphatic heterocycles. The number of thiocarbonyl (C=S) groups is 1. The second kappa shape index (κ2) is 6.36. The van der Waals surface area contributed by atoms with Crippen LogP contribution in [0.25, 0.3) is 0 Å². The average molecular weight is 273 g/mol. The van der Waals surface area contributed by atoms with Crippen LogP contribution < -0.4 is 0 Å². The Hall–Kier alpha value is -0.840. The van der Waals surface area contributed by atoms with Crippen molar-refractivity contribution in [2.75, 3.05) is 13.1 Å². The second-order valence-corrected chi connectivity index (χ2v) is 5.97. The van der Waals surface area contributed by atoms with E-state index in [4.69, 9.17) is 21.7 Å². The summed E-state index contributed by atoms with van der Waals surface area (Å²) < 4.78 is 11.0. The van der Waals surface area contributed by atoms with Gasteiger partial charge in [-0.15, -0.1) is 0 Å². The summed E-state index contributed by atoms with van der Waals surface area (Å²) in [6.07, 6.45) is 2.32. The van der Waals surface area contributed by atoms with Crippen LogP contribution in [0.1, 0.15) is 47.0 Å². The van der Waals surface area contributed by atoms with Crippen molar-refractivity contribution in [1.29, 1.82) is 0 Å². The molecule has 4 nitrogen and oxygen atoms in total. The number of piperidine rings is 1. The minimum absolute atomic E-state index is 0.149. The van der Waals surface area contributed by atoms with Gasteiger partial charge in [-0.1, -0.05) is 6.92 Å². The maximum absolute atomic E-state index is 11.8. The van der Waals surface area contributed by atoms with E-state index >= 15 is 0 Å². The predicted molar refractivity (Wildman–Crippen MR) is 74.8 cm³/mol. The Morgan fingerprint density at radius 3 is 2.33 bits per heavy atom. The van der Waals surface area contributed by atoms with Crippen LogP contribution in [0.2, 0.25) is 0 Å². The predicted octanol–water partition coefficient (Wildman–Crippen LogP) is 3.14. The van der Waals surface area contributed by atoms with Crippen LogP contribution >= 0.6 is 12.2 Å². The molecule has 0 atom stereocenters. The number of hydrogen-bond acceptors (Lipinski definition) is 4. The van der Waals surface area contributed by atoms with Gasteiger partial charge in [0.1, 0.15) is 11.7 Å². The Bertz CT molecular complexity index is 304. The molecule has 1 heterocycles. The molecule has 0 spiro atoms. The van der Waals surface area contributed by atoms with Crippen LogP contribution in [0, 0.1) is 0 Å². The molecule has 0 aliphatic carbocycles. The number of carbonyl (C=O) groups excluding carboxylic acids is 1. The molecule has 104 valence electrons. The number of carbonyl (C=O) groups is 1. The van der Waals surface area contributed by atoms with Gasteiger partial charge in [-0.05, 0) is 33.0 Å². The van der Waals surface area contributed by atoms with Crippen molar-refractivity contribution in [1.82, 2.24) is 4.90 Å². The first kappa shape index (κ1) is 15.2. The van der Waals surface area contributed by atoms with Gasteiger partial charge in [-0.2, -0.15) is 0 Å². The van der Waals surface area contributed by atoms with E-state index in [0.717, 1.165) is 19.3 Å². The zero-order chi connectivity index (χ0) is 13.8. The van der Waals surface area contributed by atoms with Crippen LogP contribution in [-0.2, 0) is 9.47 Å². The summed E-state index contributed by atoms with van der Waals surface area (Å²) in [4.78, 5) is 13.6. The molecule has 0 N–H and O–H groups in total. The van der Waals surface area contributed by atoms with Gasteiger partial charge in [0.05, 0.1) is 0 Å². The summed E-state index contributed by atoms with van der Waals surface area (Å²) in [7, 11) is 0. The normalized spacial score (nSPS) is 17.4. The summed E-state index contributed by atoms with van der Waals surface area (Å²) in [5.74, 6) is 0. The Morgan fingerprint density at radius 2 is 1.89 bits per heavy atom. The van der Waals surface area contributed by atoms with Crippen molar-refractivity contribution in [3.05, 3.63) is 0 Å². The quantitative estimate of drug-likeness (QED) is 0.725. The van der Waals surface area contributed by atoms with Crippen LogP contribution in [0.5, 0.6) is 0 Å². The van der Waals surface area contributed by atoms with Gasteiger partial charge in [0, 0.05) is 32.4 Å². The monoisotopic (exact) mass is 273 g/mol. The van der Waals surface area contributed by atoms with Gasteiger partial charge < -0.3 is 14.4 Å². The Balaban J connectivity index is 2.35. The van der Waals surface area contributed by atoms with E-state index in [-0.39, 0.29) is 12.2 Å². The van der Waals surface area contributed by atoms with Crippen molar-refractivity contribution in [3.8, 4) is 0 Å². The largest absolute Gasteiger partial charge is 0.484 e. The maximum Gasteiger partial charge on any atom is 0.410 e. The van der Waals surface area contributed by atoms with Crippen LogP contribution in [-0.4, -0.2) is 40.8 Å². The van der Waals surface area contributed by atoms with E-state index in [2.05, 4.69) is 0 Å². The zero-order valence-electron chi connectivity index (χ0n) is 11.7. The molecule has 1 saturated heterocycles. The Labute approximate surface area is 115 Å². The van der Waals surface area contributed by atoms with Crippen LogP contribution in [0.4, 0.5) is 4.79 Å². The highest BCUT2D eigenvalue weighted by Gasteiger charge is 2.27. The summed E-state index contributed by atoms with van der Waals surface area (Å²) in [5.41, 5.74) is -0.436. The van der Waals surface area contributed by atoms with Gasteiger partial charge in [0.25, 0.3) is 0 Å². The number of rotatable bonds is 2. The van der Waals surface area contributed by atoms with E-state index < -0.39 is 5.60 Å². The first-order valence-electron chi connectivity index (χ1n) is 6.49. The smallest absolute Gasteiger partial charge is 0.410 e. The van der Waals surface area contributed by atoms with Crippen molar-refractivity contribution in [2.24, 2.45) is 0 Å². The van der Waals surface area contributed by atoms with E-state index in [1.165, 1.54) is 0 Å². The van der Waals surface area contributed by atoms with Crippen molar-refractivity contribution in [3.63, 3.8) is 0 Å². The molecule has 1 rings (SSSR count). The third kappa shape index (κ3) is 5.21. The highest BCUT2D eigenvalue weighted by molar-refractivity contribution is 7.80. The Morgan fingerprint density at radius 1 is 1.33 bits per heavy atom. The number of nitrogens with zero attached hydrogens (tertiary/aromatic N) is 1. The molecular formula is C13H23NO3S. The molecule has 1 aliphatic rings. The highest BCUT2D eigenvalue weighted by atomic mass is 32.1. The van der Waals surface area contributed by atoms with Gasteiger partial charge in [0.2, 0.25) is 0 Å². The molecule has 0 aromatic heterocycles. The van der Waals surface area contributed by atoms with Crippen molar-refractivity contribution >= 4 is 23.4 Å². The van der Waals surface area contributed by atoms with E-state index in [1.54, 1.807) is 4.90 Å². The topological polar surface area (TPSA) is 38.8 Å². The number of ether oxygens (including phenoxy) is 2. The molecule has 0 saturated carbocycles. The first-order chi connectivity index (χ1) is 8.31. The standard InChI is InChI=1S/C13H23NO3S/c1-5-11(18)16-10-6-8-14(9-7-10)12(15)17-13(2,3)4/h10H,5-9H2,1-4H3. The number of likely N-dealkylation sites (tertiary alicyclic amines) is 1. The fourth-order valence-corrected chi connectivity index (χ4v) is 1.89. The van der Waals surface area contributed by atoms with Crippen LogP contribution in [0.3, 0.4) is 0 Å². The molecular weight excluding hydrogens is 250 g/mol. The first-order valence-corrected chi connectivity index (χ1v) is 6.90. The minimum Gasteiger partial charge on any atom is -0.484 e. The summed E-state index contributed by atoms with van der Waals surface area (Å²) in [6.45, 7) is 8.96. The minimum atomic E-state index is -0.436. The fraction of sp³-hybridized carbons (Fsp3) is 0.846. The van der Waals surface area contributed by atoms with Crippen LogP contribution in [0.15, 0.2) is 0 Å². The lowest BCUT2D eigenvalue weighted by Crippen LogP contribution is -2.43. The molecule has 5 heteroatoms. The highest BCUT2D eigenvalue weighted by Crippen LogP contribution is 2.17. The number of hydrogen-bond donors (Lipinski definition) is 0. The molecule has 1 fully saturated rings. The van der Waals surface area contributed by atoms with Gasteiger partial charge in [0.15, 0.2) is 5.05 Å². The van der Waals surface area contributed by atoms with Crippen molar-refractivity contribution in [2.45, 2.75) is 58.7 Å². The zero-order valence-corrected chi connectivity index (χ0v) is 12.5. The molecule has 0 radical (unpaired) electrons. The maximum atomic E-state index is 11.8. The second-order valence-electron chi connectivity index (χ2n) is 5.51. The molecule has 0 bridgehead atoms. The molecule has 0 aromatic rings. The SMILES string of the molecule is CCC(=S)OC1CCN(C(=O)OC(C)(C)C)CC1. The molecule has 0 unspecified atom stereocenters.